The highest BCUT2D eigenvalue weighted by atomic mass is 127. The zero-order chi connectivity index (χ0) is 12.3. The van der Waals surface area contributed by atoms with Gasteiger partial charge in [0, 0.05) is 23.8 Å². The Morgan fingerprint density at radius 2 is 2.41 bits per heavy atom. The van der Waals surface area contributed by atoms with Crippen LogP contribution in [0.2, 0.25) is 0 Å². The van der Waals surface area contributed by atoms with Crippen LogP contribution in [-0.4, -0.2) is 38.2 Å². The van der Waals surface area contributed by atoms with Crippen LogP contribution >= 0.6 is 22.6 Å². The van der Waals surface area contributed by atoms with E-state index in [-0.39, 0.29) is 0 Å². The summed E-state index contributed by atoms with van der Waals surface area (Å²) in [5.74, 6) is 0.841. The molecule has 17 heavy (non-hydrogen) atoms. The first-order valence-electron chi connectivity index (χ1n) is 5.58. The molecule has 1 aliphatic heterocycles. The Balaban J connectivity index is 2.17. The molecule has 0 saturated heterocycles. The summed E-state index contributed by atoms with van der Waals surface area (Å²) >= 11 is 2.26. The SMILES string of the molecule is COCCCN1c2cc(I)ccc2OCC1O. The minimum atomic E-state index is -0.572. The number of halogens is 1. The Morgan fingerprint density at radius 1 is 1.59 bits per heavy atom. The van der Waals surface area contributed by atoms with Gasteiger partial charge in [0.1, 0.15) is 12.4 Å². The Bertz CT molecular complexity index is 386. The number of benzene rings is 1. The third-order valence-corrected chi connectivity index (χ3v) is 3.40. The summed E-state index contributed by atoms with van der Waals surface area (Å²) in [6, 6.07) is 5.99. The van der Waals surface area contributed by atoms with Crippen molar-refractivity contribution >= 4 is 28.3 Å². The van der Waals surface area contributed by atoms with Gasteiger partial charge in [-0.05, 0) is 47.2 Å². The van der Waals surface area contributed by atoms with Gasteiger partial charge in [0.05, 0.1) is 5.69 Å². The molecule has 1 aromatic carbocycles. The van der Waals surface area contributed by atoms with Crippen molar-refractivity contribution in [1.82, 2.24) is 0 Å². The Hall–Kier alpha value is -0.530. The fourth-order valence-corrected chi connectivity index (χ4v) is 2.38. The Kier molecular flexibility index (Phi) is 4.47. The van der Waals surface area contributed by atoms with Gasteiger partial charge in [-0.25, -0.2) is 0 Å². The average Bonchev–Trinajstić information content (AvgIpc) is 2.32. The quantitative estimate of drug-likeness (QED) is 0.666. The summed E-state index contributed by atoms with van der Waals surface area (Å²) in [7, 11) is 1.69. The maximum absolute atomic E-state index is 9.96. The fourth-order valence-electron chi connectivity index (χ4n) is 1.90. The van der Waals surface area contributed by atoms with E-state index < -0.39 is 6.23 Å². The van der Waals surface area contributed by atoms with Gasteiger partial charge in [0.25, 0.3) is 0 Å². The highest BCUT2D eigenvalue weighted by molar-refractivity contribution is 14.1. The van der Waals surface area contributed by atoms with Crippen LogP contribution in [0.4, 0.5) is 5.69 Å². The van der Waals surface area contributed by atoms with Crippen LogP contribution in [0.3, 0.4) is 0 Å². The Morgan fingerprint density at radius 3 is 3.18 bits per heavy atom. The number of hydrogen-bond donors (Lipinski definition) is 1. The molecule has 1 unspecified atom stereocenters. The van der Waals surface area contributed by atoms with Gasteiger partial charge in [0.2, 0.25) is 0 Å². The molecule has 0 aromatic heterocycles. The Labute approximate surface area is 115 Å². The molecule has 2 rings (SSSR count). The number of ether oxygens (including phenoxy) is 2. The van der Waals surface area contributed by atoms with Crippen LogP contribution in [-0.2, 0) is 4.74 Å². The van der Waals surface area contributed by atoms with Gasteiger partial charge >= 0.3 is 0 Å². The first kappa shape index (κ1) is 12.9. The first-order valence-corrected chi connectivity index (χ1v) is 6.66. The van der Waals surface area contributed by atoms with E-state index in [9.17, 15) is 5.11 Å². The molecule has 1 atom stereocenters. The number of rotatable bonds is 4. The summed E-state index contributed by atoms with van der Waals surface area (Å²) in [5.41, 5.74) is 0.965. The number of aliphatic hydroxyl groups excluding tert-OH is 1. The van der Waals surface area contributed by atoms with Crippen LogP contribution < -0.4 is 9.64 Å². The van der Waals surface area contributed by atoms with Crippen LogP contribution in [0.15, 0.2) is 18.2 Å². The molecule has 0 bridgehead atoms. The molecule has 4 nitrogen and oxygen atoms in total. The van der Waals surface area contributed by atoms with E-state index in [4.69, 9.17) is 9.47 Å². The van der Waals surface area contributed by atoms with E-state index in [1.54, 1.807) is 7.11 Å². The molecular weight excluding hydrogens is 333 g/mol. The summed E-state index contributed by atoms with van der Waals surface area (Å²) in [6.45, 7) is 1.79. The highest BCUT2D eigenvalue weighted by Gasteiger charge is 2.25. The van der Waals surface area contributed by atoms with Crippen molar-refractivity contribution in [3.05, 3.63) is 21.8 Å². The number of hydrogen-bond acceptors (Lipinski definition) is 4. The molecule has 5 heteroatoms. The smallest absolute Gasteiger partial charge is 0.161 e. The lowest BCUT2D eigenvalue weighted by Crippen LogP contribution is -2.43. The molecule has 0 radical (unpaired) electrons. The molecule has 0 fully saturated rings. The van der Waals surface area contributed by atoms with E-state index in [1.807, 2.05) is 23.1 Å². The van der Waals surface area contributed by atoms with E-state index in [0.717, 1.165) is 28.0 Å². The largest absolute Gasteiger partial charge is 0.487 e. The molecule has 0 aliphatic carbocycles. The van der Waals surface area contributed by atoms with Gasteiger partial charge in [0.15, 0.2) is 6.23 Å². The van der Waals surface area contributed by atoms with Crippen molar-refractivity contribution < 1.29 is 14.6 Å². The van der Waals surface area contributed by atoms with Crippen molar-refractivity contribution in [1.29, 1.82) is 0 Å². The predicted octanol–water partition coefficient (Wildman–Crippen LogP) is 1.84. The van der Waals surface area contributed by atoms with Crippen molar-refractivity contribution in [2.45, 2.75) is 12.6 Å². The average molecular weight is 349 g/mol. The van der Waals surface area contributed by atoms with Crippen LogP contribution in [0.5, 0.6) is 5.75 Å². The molecule has 1 N–H and O–H groups in total. The van der Waals surface area contributed by atoms with E-state index in [0.29, 0.717) is 13.2 Å². The van der Waals surface area contributed by atoms with Crippen molar-refractivity contribution in [3.63, 3.8) is 0 Å². The molecule has 94 valence electrons. The van der Waals surface area contributed by atoms with Crippen molar-refractivity contribution in [2.75, 3.05) is 31.8 Å². The van der Waals surface area contributed by atoms with Gasteiger partial charge in [-0.3, -0.25) is 0 Å². The standard InChI is InChI=1S/C12H16INO3/c1-16-6-2-5-14-10-7-9(13)3-4-11(10)17-8-12(14)15/h3-4,7,12,15H,2,5-6,8H2,1H3. The third kappa shape index (κ3) is 3.02. The van der Waals surface area contributed by atoms with Gasteiger partial charge in [-0.1, -0.05) is 0 Å². The van der Waals surface area contributed by atoms with E-state index in [1.165, 1.54) is 0 Å². The predicted molar refractivity (Wildman–Crippen MR) is 74.5 cm³/mol. The topological polar surface area (TPSA) is 41.9 Å². The summed E-state index contributed by atoms with van der Waals surface area (Å²) < 4.78 is 11.7. The normalized spacial score (nSPS) is 18.8. The lowest BCUT2D eigenvalue weighted by molar-refractivity contribution is 0.0882. The molecule has 1 heterocycles. The minimum Gasteiger partial charge on any atom is -0.487 e. The van der Waals surface area contributed by atoms with Gasteiger partial charge < -0.3 is 19.5 Å². The maximum Gasteiger partial charge on any atom is 0.161 e. The second-order valence-electron chi connectivity index (χ2n) is 3.94. The van der Waals surface area contributed by atoms with Crippen molar-refractivity contribution in [2.24, 2.45) is 0 Å². The summed E-state index contributed by atoms with van der Waals surface area (Å²) in [6.07, 6.45) is 0.316. The first-order chi connectivity index (χ1) is 8.22. The second-order valence-corrected chi connectivity index (χ2v) is 5.19. The van der Waals surface area contributed by atoms with E-state index >= 15 is 0 Å². The summed E-state index contributed by atoms with van der Waals surface area (Å²) in [5, 5.41) is 9.96. The number of aliphatic hydroxyl groups is 1. The molecule has 0 saturated carbocycles. The fraction of sp³-hybridized carbons (Fsp3) is 0.500. The monoisotopic (exact) mass is 349 g/mol. The molecule has 1 aromatic rings. The van der Waals surface area contributed by atoms with Gasteiger partial charge in [-0.15, -0.1) is 0 Å². The lowest BCUT2D eigenvalue weighted by atomic mass is 10.2. The van der Waals surface area contributed by atoms with Crippen molar-refractivity contribution in [3.8, 4) is 5.75 Å². The molecule has 0 amide bonds. The van der Waals surface area contributed by atoms with Crippen LogP contribution in [0, 0.1) is 3.57 Å². The number of nitrogens with zero attached hydrogens (tertiary/aromatic N) is 1. The summed E-state index contributed by atoms with van der Waals surface area (Å²) in [4.78, 5) is 1.97. The molecule has 1 aliphatic rings. The van der Waals surface area contributed by atoms with Gasteiger partial charge in [-0.2, -0.15) is 0 Å². The zero-order valence-electron chi connectivity index (χ0n) is 9.73. The number of methoxy groups -OCH3 is 1. The highest BCUT2D eigenvalue weighted by Crippen LogP contribution is 2.34. The number of anilines is 1. The van der Waals surface area contributed by atoms with Crippen LogP contribution in [0.1, 0.15) is 6.42 Å². The minimum absolute atomic E-state index is 0.320. The lowest BCUT2D eigenvalue weighted by Gasteiger charge is -2.35. The molecule has 0 spiro atoms. The molecular formula is C12H16INO3. The van der Waals surface area contributed by atoms with Crippen LogP contribution in [0.25, 0.3) is 0 Å². The second kappa shape index (κ2) is 5.88. The maximum atomic E-state index is 9.96. The van der Waals surface area contributed by atoms with E-state index in [2.05, 4.69) is 22.6 Å². The number of fused-ring (bicyclic) bond motifs is 1. The third-order valence-electron chi connectivity index (χ3n) is 2.73. The zero-order valence-corrected chi connectivity index (χ0v) is 11.9.